The summed E-state index contributed by atoms with van der Waals surface area (Å²) in [6.45, 7) is 2.77. The smallest absolute Gasteiger partial charge is 0.253 e. The lowest BCUT2D eigenvalue weighted by Gasteiger charge is -2.12. The minimum absolute atomic E-state index is 0.00935. The third kappa shape index (κ3) is 3.99. The zero-order chi connectivity index (χ0) is 15.4. The second-order valence-corrected chi connectivity index (χ2v) is 5.64. The molecule has 1 amide bonds. The molecule has 21 heavy (non-hydrogen) atoms. The number of carbonyl (C=O) groups excluding carboxylic acids is 1. The minimum Gasteiger partial charge on any atom is -0.381 e. The van der Waals surface area contributed by atoms with Gasteiger partial charge in [0.15, 0.2) is 0 Å². The van der Waals surface area contributed by atoms with Gasteiger partial charge in [-0.2, -0.15) is 0 Å². The Morgan fingerprint density at radius 2 is 1.81 bits per heavy atom. The lowest BCUT2D eigenvalue weighted by atomic mass is 10.1. The zero-order valence-electron chi connectivity index (χ0n) is 12.5. The molecule has 2 rings (SSSR count). The van der Waals surface area contributed by atoms with Crippen LogP contribution >= 0.6 is 11.6 Å². The molecular formula is C17H19ClN2O. The number of halogens is 1. The number of benzene rings is 2. The molecular weight excluding hydrogens is 284 g/mol. The lowest BCUT2D eigenvalue weighted by Crippen LogP contribution is -2.21. The van der Waals surface area contributed by atoms with E-state index in [1.807, 2.05) is 49.4 Å². The fraction of sp³-hybridized carbons (Fsp3) is 0.235. The molecule has 0 aromatic heterocycles. The van der Waals surface area contributed by atoms with Gasteiger partial charge in [-0.25, -0.2) is 0 Å². The van der Waals surface area contributed by atoms with Crippen LogP contribution in [-0.4, -0.2) is 24.9 Å². The average molecular weight is 303 g/mol. The number of nitrogens with zero attached hydrogens (tertiary/aromatic N) is 1. The van der Waals surface area contributed by atoms with Crippen molar-refractivity contribution in [1.29, 1.82) is 0 Å². The van der Waals surface area contributed by atoms with E-state index < -0.39 is 0 Å². The van der Waals surface area contributed by atoms with Gasteiger partial charge in [0.2, 0.25) is 0 Å². The molecule has 2 aromatic rings. The fourth-order valence-electron chi connectivity index (χ4n) is 2.04. The van der Waals surface area contributed by atoms with Gasteiger partial charge in [-0.1, -0.05) is 17.7 Å². The Kier molecular flexibility index (Phi) is 4.86. The van der Waals surface area contributed by atoms with Gasteiger partial charge >= 0.3 is 0 Å². The van der Waals surface area contributed by atoms with Crippen LogP contribution < -0.4 is 5.32 Å². The van der Waals surface area contributed by atoms with E-state index in [4.69, 9.17) is 11.6 Å². The zero-order valence-corrected chi connectivity index (χ0v) is 13.2. The molecule has 0 fully saturated rings. The van der Waals surface area contributed by atoms with Gasteiger partial charge in [-0.3, -0.25) is 4.79 Å². The van der Waals surface area contributed by atoms with E-state index in [0.717, 1.165) is 22.8 Å². The Balaban J connectivity index is 2.02. The molecule has 0 unspecified atom stereocenters. The van der Waals surface area contributed by atoms with Crippen LogP contribution in [0.5, 0.6) is 0 Å². The van der Waals surface area contributed by atoms with E-state index >= 15 is 0 Å². The van der Waals surface area contributed by atoms with E-state index in [-0.39, 0.29) is 5.91 Å². The molecule has 0 saturated carbocycles. The predicted octanol–water partition coefficient (Wildman–Crippen LogP) is 3.96. The number of aryl methyl sites for hydroxylation is 1. The number of hydrogen-bond acceptors (Lipinski definition) is 2. The molecule has 0 saturated heterocycles. The van der Waals surface area contributed by atoms with Crippen LogP contribution in [-0.2, 0) is 6.54 Å². The van der Waals surface area contributed by atoms with E-state index in [9.17, 15) is 4.79 Å². The Morgan fingerprint density at radius 3 is 2.38 bits per heavy atom. The fourth-order valence-corrected chi connectivity index (χ4v) is 2.27. The summed E-state index contributed by atoms with van der Waals surface area (Å²) in [6, 6.07) is 13.4. The molecule has 0 heterocycles. The van der Waals surface area contributed by atoms with Crippen molar-refractivity contribution < 1.29 is 4.79 Å². The third-order valence-electron chi connectivity index (χ3n) is 3.33. The van der Waals surface area contributed by atoms with Crippen molar-refractivity contribution in [2.75, 3.05) is 19.4 Å². The molecule has 0 spiro atoms. The van der Waals surface area contributed by atoms with Crippen LogP contribution in [0.2, 0.25) is 5.02 Å². The lowest BCUT2D eigenvalue weighted by molar-refractivity contribution is 0.0827. The molecule has 0 aliphatic heterocycles. The molecule has 3 nitrogen and oxygen atoms in total. The summed E-state index contributed by atoms with van der Waals surface area (Å²) in [6.07, 6.45) is 0. The van der Waals surface area contributed by atoms with Crippen LogP contribution in [0.1, 0.15) is 21.5 Å². The first-order valence-corrected chi connectivity index (χ1v) is 7.16. The van der Waals surface area contributed by atoms with Gasteiger partial charge < -0.3 is 10.2 Å². The van der Waals surface area contributed by atoms with Gasteiger partial charge in [-0.05, 0) is 54.4 Å². The van der Waals surface area contributed by atoms with Crippen LogP contribution in [0, 0.1) is 6.92 Å². The summed E-state index contributed by atoms with van der Waals surface area (Å²) in [5.41, 5.74) is 4.04. The van der Waals surface area contributed by atoms with Crippen molar-refractivity contribution in [3.05, 3.63) is 64.2 Å². The number of carbonyl (C=O) groups is 1. The summed E-state index contributed by atoms with van der Waals surface area (Å²) in [4.78, 5) is 13.4. The second-order valence-electron chi connectivity index (χ2n) is 5.20. The molecule has 0 aliphatic rings. The van der Waals surface area contributed by atoms with Gasteiger partial charge in [-0.15, -0.1) is 0 Å². The average Bonchev–Trinajstić information content (AvgIpc) is 2.46. The standard InChI is InChI=1S/C17H19ClN2O/c1-12-10-15(18)7-4-14(12)11-19-16-8-5-13(6-9-16)17(21)20(2)3/h4-10,19H,11H2,1-3H3. The molecule has 1 N–H and O–H groups in total. The maximum Gasteiger partial charge on any atom is 0.253 e. The van der Waals surface area contributed by atoms with Crippen LogP contribution in [0.3, 0.4) is 0 Å². The van der Waals surface area contributed by atoms with Crippen molar-refractivity contribution >= 4 is 23.2 Å². The molecule has 110 valence electrons. The first-order valence-electron chi connectivity index (χ1n) is 6.78. The quantitative estimate of drug-likeness (QED) is 0.927. The van der Waals surface area contributed by atoms with Crippen LogP contribution in [0.15, 0.2) is 42.5 Å². The second kappa shape index (κ2) is 6.64. The molecule has 0 radical (unpaired) electrons. The highest BCUT2D eigenvalue weighted by atomic mass is 35.5. The van der Waals surface area contributed by atoms with Crippen molar-refractivity contribution in [2.24, 2.45) is 0 Å². The summed E-state index contributed by atoms with van der Waals surface area (Å²) in [5, 5.41) is 4.10. The number of nitrogens with one attached hydrogen (secondary N) is 1. The van der Waals surface area contributed by atoms with Gasteiger partial charge in [0.1, 0.15) is 0 Å². The summed E-state index contributed by atoms with van der Waals surface area (Å²) in [5.74, 6) is 0.00935. The highest BCUT2D eigenvalue weighted by Crippen LogP contribution is 2.17. The normalized spacial score (nSPS) is 10.3. The number of hydrogen-bond donors (Lipinski definition) is 1. The predicted molar refractivity (Wildman–Crippen MR) is 88.0 cm³/mol. The van der Waals surface area contributed by atoms with E-state index in [1.54, 1.807) is 19.0 Å². The molecule has 0 bridgehead atoms. The molecule has 0 aliphatic carbocycles. The maximum absolute atomic E-state index is 11.8. The van der Waals surface area contributed by atoms with Crippen molar-refractivity contribution in [2.45, 2.75) is 13.5 Å². The van der Waals surface area contributed by atoms with E-state index in [0.29, 0.717) is 5.56 Å². The number of anilines is 1. The number of amides is 1. The first kappa shape index (κ1) is 15.4. The van der Waals surface area contributed by atoms with Gasteiger partial charge in [0.05, 0.1) is 0 Å². The highest BCUT2D eigenvalue weighted by molar-refractivity contribution is 6.30. The molecule has 0 atom stereocenters. The van der Waals surface area contributed by atoms with Crippen LogP contribution in [0.25, 0.3) is 0 Å². The van der Waals surface area contributed by atoms with E-state index in [1.165, 1.54) is 5.56 Å². The van der Waals surface area contributed by atoms with Gasteiger partial charge in [0.25, 0.3) is 5.91 Å². The first-order chi connectivity index (χ1) is 9.97. The van der Waals surface area contributed by atoms with Crippen molar-refractivity contribution in [3.63, 3.8) is 0 Å². The van der Waals surface area contributed by atoms with Crippen molar-refractivity contribution in [3.8, 4) is 0 Å². The number of rotatable bonds is 4. The molecule has 2 aromatic carbocycles. The topological polar surface area (TPSA) is 32.3 Å². The van der Waals surface area contributed by atoms with E-state index in [2.05, 4.69) is 5.32 Å². The summed E-state index contributed by atoms with van der Waals surface area (Å²) in [7, 11) is 3.50. The Labute approximate surface area is 130 Å². The Morgan fingerprint density at radius 1 is 1.14 bits per heavy atom. The summed E-state index contributed by atoms with van der Waals surface area (Å²) >= 11 is 5.95. The maximum atomic E-state index is 11.8. The molecule has 4 heteroatoms. The van der Waals surface area contributed by atoms with Crippen molar-refractivity contribution in [1.82, 2.24) is 4.90 Å². The monoisotopic (exact) mass is 302 g/mol. The van der Waals surface area contributed by atoms with Crippen LogP contribution in [0.4, 0.5) is 5.69 Å². The Hall–Kier alpha value is -2.00. The van der Waals surface area contributed by atoms with Gasteiger partial charge in [0, 0.05) is 36.9 Å². The summed E-state index contributed by atoms with van der Waals surface area (Å²) < 4.78 is 0. The largest absolute Gasteiger partial charge is 0.381 e. The third-order valence-corrected chi connectivity index (χ3v) is 3.56. The minimum atomic E-state index is 0.00935. The Bertz CT molecular complexity index is 636. The SMILES string of the molecule is Cc1cc(Cl)ccc1CNc1ccc(C(=O)N(C)C)cc1. The highest BCUT2D eigenvalue weighted by Gasteiger charge is 2.07.